The lowest BCUT2D eigenvalue weighted by molar-refractivity contribution is 0.0119. The molecule has 0 aromatic heterocycles. The number of alkyl halides is 2. The second-order valence-corrected chi connectivity index (χ2v) is 3.32. The van der Waals surface area contributed by atoms with E-state index in [2.05, 4.69) is 0 Å². The summed E-state index contributed by atoms with van der Waals surface area (Å²) in [6.45, 7) is 2.77. The van der Waals surface area contributed by atoms with Crippen LogP contribution < -0.4 is 5.73 Å². The average Bonchev–Trinajstić information content (AvgIpc) is 2.08. The van der Waals surface area contributed by atoms with Crippen molar-refractivity contribution in [3.63, 3.8) is 0 Å². The van der Waals surface area contributed by atoms with Gasteiger partial charge in [0.25, 0.3) is 5.92 Å². The van der Waals surface area contributed by atoms with Gasteiger partial charge in [-0.25, -0.2) is 8.78 Å². The molecule has 1 fully saturated rings. The van der Waals surface area contributed by atoms with Gasteiger partial charge in [0, 0.05) is 25.6 Å². The molecule has 2 nitrogen and oxygen atoms in total. The molecule has 0 unspecified atom stereocenters. The van der Waals surface area contributed by atoms with Crippen LogP contribution in [0.25, 0.3) is 0 Å². The van der Waals surface area contributed by atoms with Crippen LogP contribution in [0.1, 0.15) is 13.3 Å². The van der Waals surface area contributed by atoms with Crippen molar-refractivity contribution < 1.29 is 8.78 Å². The summed E-state index contributed by atoms with van der Waals surface area (Å²) in [4.78, 5) is 1.71. The second kappa shape index (κ2) is 3.03. The van der Waals surface area contributed by atoms with Crippen LogP contribution in [0, 0.1) is 0 Å². The van der Waals surface area contributed by atoms with Crippen LogP contribution in [0.15, 0.2) is 0 Å². The summed E-state index contributed by atoms with van der Waals surface area (Å²) in [6, 6.07) is -0.0103. The summed E-state index contributed by atoms with van der Waals surface area (Å²) in [6.07, 6.45) is -0.0142. The molecule has 0 amide bonds. The standard InChI is InChI=1S/C7H14F2N2/c1-6(10)4-11-3-2-7(8,9)5-11/h6H,2-5,10H2,1H3/t6-/m0/s1. The number of likely N-dealkylation sites (tertiary alicyclic amines) is 1. The Hall–Kier alpha value is -0.220. The highest BCUT2D eigenvalue weighted by molar-refractivity contribution is 4.82. The van der Waals surface area contributed by atoms with E-state index in [9.17, 15) is 8.78 Å². The average molecular weight is 164 g/mol. The molecule has 1 aliphatic rings. The summed E-state index contributed by atoms with van der Waals surface area (Å²) < 4.78 is 25.1. The number of rotatable bonds is 2. The van der Waals surface area contributed by atoms with E-state index in [1.807, 2.05) is 6.92 Å². The Morgan fingerprint density at radius 2 is 2.27 bits per heavy atom. The minimum atomic E-state index is -2.48. The number of nitrogens with zero attached hydrogens (tertiary/aromatic N) is 1. The molecule has 11 heavy (non-hydrogen) atoms. The van der Waals surface area contributed by atoms with Crippen molar-refractivity contribution in [2.24, 2.45) is 5.73 Å². The number of hydrogen-bond acceptors (Lipinski definition) is 2. The Labute approximate surface area is 65.4 Å². The Kier molecular flexibility index (Phi) is 2.44. The van der Waals surface area contributed by atoms with E-state index in [4.69, 9.17) is 5.73 Å². The van der Waals surface area contributed by atoms with Gasteiger partial charge in [-0.05, 0) is 6.92 Å². The van der Waals surface area contributed by atoms with Crippen LogP contribution in [0.4, 0.5) is 8.78 Å². The molecule has 0 aromatic rings. The third kappa shape index (κ3) is 2.71. The quantitative estimate of drug-likeness (QED) is 0.650. The Morgan fingerprint density at radius 3 is 2.64 bits per heavy atom. The van der Waals surface area contributed by atoms with Crippen molar-refractivity contribution in [3.05, 3.63) is 0 Å². The fraction of sp³-hybridized carbons (Fsp3) is 1.00. The first-order valence-corrected chi connectivity index (χ1v) is 3.85. The van der Waals surface area contributed by atoms with Gasteiger partial charge in [-0.15, -0.1) is 0 Å². The van der Waals surface area contributed by atoms with Gasteiger partial charge < -0.3 is 5.73 Å². The molecule has 66 valence electrons. The molecule has 2 N–H and O–H groups in total. The minimum Gasteiger partial charge on any atom is -0.327 e. The molecule has 0 radical (unpaired) electrons. The largest absolute Gasteiger partial charge is 0.327 e. The van der Waals surface area contributed by atoms with Crippen LogP contribution in [0.3, 0.4) is 0 Å². The molecule has 0 aromatic carbocycles. The lowest BCUT2D eigenvalue weighted by atomic mass is 10.3. The maximum atomic E-state index is 12.6. The molecule has 1 aliphatic heterocycles. The first-order chi connectivity index (χ1) is 4.99. The summed E-state index contributed by atoms with van der Waals surface area (Å²) in [5.41, 5.74) is 5.47. The normalized spacial score (nSPS) is 27.3. The van der Waals surface area contributed by atoms with Crippen molar-refractivity contribution in [2.75, 3.05) is 19.6 Å². The van der Waals surface area contributed by atoms with Gasteiger partial charge in [-0.1, -0.05) is 0 Å². The van der Waals surface area contributed by atoms with E-state index in [1.165, 1.54) is 0 Å². The van der Waals surface area contributed by atoms with Crippen LogP contribution in [0.2, 0.25) is 0 Å². The Balaban J connectivity index is 2.31. The highest BCUT2D eigenvalue weighted by atomic mass is 19.3. The molecule has 1 rings (SSSR count). The van der Waals surface area contributed by atoms with Crippen molar-refractivity contribution >= 4 is 0 Å². The van der Waals surface area contributed by atoms with E-state index in [1.54, 1.807) is 4.90 Å². The predicted octanol–water partition coefficient (Wildman–Crippen LogP) is 0.675. The molecule has 0 spiro atoms. The van der Waals surface area contributed by atoms with E-state index in [0.29, 0.717) is 13.1 Å². The molecule has 0 saturated carbocycles. The van der Waals surface area contributed by atoms with Crippen LogP contribution >= 0.6 is 0 Å². The maximum absolute atomic E-state index is 12.6. The number of halogens is 2. The number of nitrogens with two attached hydrogens (primary N) is 1. The minimum absolute atomic E-state index is 0.0103. The fourth-order valence-electron chi connectivity index (χ4n) is 1.37. The summed E-state index contributed by atoms with van der Waals surface area (Å²) >= 11 is 0. The zero-order valence-electron chi connectivity index (χ0n) is 6.69. The van der Waals surface area contributed by atoms with Gasteiger partial charge in [0.2, 0.25) is 0 Å². The molecule has 0 bridgehead atoms. The van der Waals surface area contributed by atoms with Crippen molar-refractivity contribution in [1.82, 2.24) is 4.90 Å². The zero-order chi connectivity index (χ0) is 8.48. The van der Waals surface area contributed by atoms with Crippen molar-refractivity contribution in [3.8, 4) is 0 Å². The van der Waals surface area contributed by atoms with Gasteiger partial charge in [-0.3, -0.25) is 4.90 Å². The third-order valence-electron chi connectivity index (χ3n) is 1.79. The predicted molar refractivity (Wildman–Crippen MR) is 39.7 cm³/mol. The van der Waals surface area contributed by atoms with E-state index in [0.717, 1.165) is 0 Å². The van der Waals surface area contributed by atoms with E-state index >= 15 is 0 Å². The maximum Gasteiger partial charge on any atom is 0.261 e. The van der Waals surface area contributed by atoms with Gasteiger partial charge in [0.05, 0.1) is 6.54 Å². The van der Waals surface area contributed by atoms with Crippen LogP contribution in [0.5, 0.6) is 0 Å². The molecular weight excluding hydrogens is 150 g/mol. The SMILES string of the molecule is C[C@H](N)CN1CCC(F)(F)C1. The van der Waals surface area contributed by atoms with E-state index < -0.39 is 5.92 Å². The summed E-state index contributed by atoms with van der Waals surface area (Å²) in [5.74, 6) is -2.48. The number of hydrogen-bond donors (Lipinski definition) is 1. The first-order valence-electron chi connectivity index (χ1n) is 3.85. The van der Waals surface area contributed by atoms with Crippen molar-refractivity contribution in [1.29, 1.82) is 0 Å². The summed E-state index contributed by atoms with van der Waals surface area (Å²) in [5, 5.41) is 0. The molecule has 0 aliphatic carbocycles. The topological polar surface area (TPSA) is 29.3 Å². The zero-order valence-corrected chi connectivity index (χ0v) is 6.69. The Bertz CT molecular complexity index is 136. The smallest absolute Gasteiger partial charge is 0.261 e. The summed E-state index contributed by atoms with van der Waals surface area (Å²) in [7, 11) is 0. The lowest BCUT2D eigenvalue weighted by Crippen LogP contribution is -2.35. The highest BCUT2D eigenvalue weighted by Crippen LogP contribution is 2.26. The highest BCUT2D eigenvalue weighted by Gasteiger charge is 2.37. The van der Waals surface area contributed by atoms with E-state index in [-0.39, 0.29) is 19.0 Å². The van der Waals surface area contributed by atoms with Crippen LogP contribution in [-0.4, -0.2) is 36.5 Å². The molecule has 4 heteroatoms. The van der Waals surface area contributed by atoms with Crippen LogP contribution in [-0.2, 0) is 0 Å². The fourth-order valence-corrected chi connectivity index (χ4v) is 1.37. The lowest BCUT2D eigenvalue weighted by Gasteiger charge is -2.17. The molecule has 1 atom stereocenters. The second-order valence-electron chi connectivity index (χ2n) is 3.32. The molecule has 1 saturated heterocycles. The monoisotopic (exact) mass is 164 g/mol. The van der Waals surface area contributed by atoms with Gasteiger partial charge in [0.1, 0.15) is 0 Å². The van der Waals surface area contributed by atoms with Gasteiger partial charge >= 0.3 is 0 Å². The Morgan fingerprint density at radius 1 is 1.64 bits per heavy atom. The first kappa shape index (κ1) is 8.87. The molecular formula is C7H14F2N2. The van der Waals surface area contributed by atoms with Gasteiger partial charge in [-0.2, -0.15) is 0 Å². The molecule has 1 heterocycles. The van der Waals surface area contributed by atoms with Crippen molar-refractivity contribution in [2.45, 2.75) is 25.3 Å². The van der Waals surface area contributed by atoms with Gasteiger partial charge in [0.15, 0.2) is 0 Å². The third-order valence-corrected chi connectivity index (χ3v) is 1.79.